The Labute approximate surface area is 148 Å². The maximum Gasteiger partial charge on any atom is 0.241 e. The molecule has 0 aliphatic carbocycles. The second-order valence-corrected chi connectivity index (χ2v) is 6.95. The zero-order chi connectivity index (χ0) is 17.2. The van der Waals surface area contributed by atoms with Crippen LogP contribution in [0.25, 0.3) is 11.4 Å². The van der Waals surface area contributed by atoms with E-state index in [1.807, 2.05) is 23.1 Å². The fourth-order valence-electron chi connectivity index (χ4n) is 3.76. The number of aromatic amines is 1. The van der Waals surface area contributed by atoms with Crippen molar-refractivity contribution in [1.82, 2.24) is 25.7 Å². The number of hydrazine groups is 1. The first-order valence-corrected chi connectivity index (χ1v) is 9.17. The van der Waals surface area contributed by atoms with Gasteiger partial charge in [0.15, 0.2) is 0 Å². The van der Waals surface area contributed by atoms with Crippen LogP contribution in [-0.2, 0) is 17.8 Å². The van der Waals surface area contributed by atoms with Crippen LogP contribution >= 0.6 is 0 Å². The number of nitrogens with one attached hydrogen (secondary N) is 3. The van der Waals surface area contributed by atoms with Crippen LogP contribution in [0.2, 0.25) is 0 Å². The van der Waals surface area contributed by atoms with Crippen molar-refractivity contribution < 1.29 is 4.79 Å². The van der Waals surface area contributed by atoms with Gasteiger partial charge in [-0.15, -0.1) is 0 Å². The largest absolute Gasteiger partial charge is 0.340 e. The number of hydrogen-bond acceptors (Lipinski definition) is 4. The molecule has 3 N–H and O–H groups in total. The third kappa shape index (κ3) is 3.32. The lowest BCUT2D eigenvalue weighted by molar-refractivity contribution is -0.134. The summed E-state index contributed by atoms with van der Waals surface area (Å²) in [5.41, 5.74) is 9.67. The summed E-state index contributed by atoms with van der Waals surface area (Å²) in [7, 11) is 0. The molecule has 2 atom stereocenters. The third-order valence-electron chi connectivity index (χ3n) is 5.11. The SMILES string of the molecule is CCCC1CC(C(=O)N2CCc3nc(-c4ccccc4)[nH]c3C2)NN1. The van der Waals surface area contributed by atoms with Crippen LogP contribution < -0.4 is 10.9 Å². The quantitative estimate of drug-likeness (QED) is 0.797. The summed E-state index contributed by atoms with van der Waals surface area (Å²) >= 11 is 0. The minimum Gasteiger partial charge on any atom is -0.340 e. The van der Waals surface area contributed by atoms with Gasteiger partial charge in [-0.3, -0.25) is 10.2 Å². The molecule has 6 nitrogen and oxygen atoms in total. The standard InChI is InChI=1S/C19H25N5O/c1-2-6-14-11-16(23-22-14)19(25)24-10-9-15-17(12-24)21-18(20-15)13-7-4-3-5-8-13/h3-5,7-8,14,16,22-23H,2,6,9-12H2,1H3,(H,20,21). The lowest BCUT2D eigenvalue weighted by atomic mass is 10.0. The second-order valence-electron chi connectivity index (χ2n) is 6.95. The average molecular weight is 339 g/mol. The molecular formula is C19H25N5O. The second kappa shape index (κ2) is 6.98. The molecule has 0 radical (unpaired) electrons. The summed E-state index contributed by atoms with van der Waals surface area (Å²) in [4.78, 5) is 22.9. The first kappa shape index (κ1) is 16.3. The van der Waals surface area contributed by atoms with Gasteiger partial charge < -0.3 is 9.88 Å². The van der Waals surface area contributed by atoms with Gasteiger partial charge in [-0.05, 0) is 12.8 Å². The van der Waals surface area contributed by atoms with Gasteiger partial charge in [0.05, 0.1) is 17.9 Å². The molecule has 1 amide bonds. The van der Waals surface area contributed by atoms with E-state index in [9.17, 15) is 4.79 Å². The Bertz CT molecular complexity index is 742. The molecule has 4 rings (SSSR count). The Morgan fingerprint density at radius 3 is 2.92 bits per heavy atom. The number of carbonyl (C=O) groups excluding carboxylic acids is 1. The summed E-state index contributed by atoms with van der Waals surface area (Å²) in [6, 6.07) is 10.4. The molecule has 0 saturated carbocycles. The van der Waals surface area contributed by atoms with Gasteiger partial charge in [0.25, 0.3) is 0 Å². The van der Waals surface area contributed by atoms with Crippen molar-refractivity contribution in [1.29, 1.82) is 0 Å². The summed E-state index contributed by atoms with van der Waals surface area (Å²) in [5.74, 6) is 1.08. The van der Waals surface area contributed by atoms with E-state index < -0.39 is 0 Å². The molecule has 25 heavy (non-hydrogen) atoms. The maximum absolute atomic E-state index is 12.8. The minimum atomic E-state index is -0.116. The summed E-state index contributed by atoms with van der Waals surface area (Å²) < 4.78 is 0. The molecule has 1 fully saturated rings. The topological polar surface area (TPSA) is 73.0 Å². The Kier molecular flexibility index (Phi) is 4.55. The van der Waals surface area contributed by atoms with Crippen LogP contribution in [0.15, 0.2) is 30.3 Å². The van der Waals surface area contributed by atoms with Crippen molar-refractivity contribution in [2.75, 3.05) is 6.54 Å². The van der Waals surface area contributed by atoms with Gasteiger partial charge in [-0.25, -0.2) is 10.4 Å². The summed E-state index contributed by atoms with van der Waals surface area (Å²) in [6.07, 6.45) is 3.91. The van der Waals surface area contributed by atoms with Crippen LogP contribution in [0.1, 0.15) is 37.6 Å². The van der Waals surface area contributed by atoms with Gasteiger partial charge in [-0.1, -0.05) is 43.7 Å². The molecule has 2 aliphatic heterocycles. The summed E-state index contributed by atoms with van der Waals surface area (Å²) in [5, 5.41) is 0. The zero-order valence-electron chi connectivity index (χ0n) is 14.6. The van der Waals surface area contributed by atoms with Gasteiger partial charge in [0.2, 0.25) is 5.91 Å². The number of H-pyrrole nitrogens is 1. The summed E-state index contributed by atoms with van der Waals surface area (Å²) in [6.45, 7) is 3.53. The van der Waals surface area contributed by atoms with E-state index >= 15 is 0 Å². The van der Waals surface area contributed by atoms with Gasteiger partial charge in [0.1, 0.15) is 11.9 Å². The fraction of sp³-hybridized carbons (Fsp3) is 0.474. The number of amides is 1. The highest BCUT2D eigenvalue weighted by atomic mass is 16.2. The van der Waals surface area contributed by atoms with Crippen molar-refractivity contribution in [3.05, 3.63) is 41.7 Å². The third-order valence-corrected chi connectivity index (χ3v) is 5.11. The Balaban J connectivity index is 1.44. The highest BCUT2D eigenvalue weighted by molar-refractivity contribution is 5.82. The molecule has 3 heterocycles. The number of imidazole rings is 1. The first-order chi connectivity index (χ1) is 12.2. The van der Waals surface area contributed by atoms with E-state index in [2.05, 4.69) is 34.9 Å². The van der Waals surface area contributed by atoms with Crippen LogP contribution in [-0.4, -0.2) is 39.4 Å². The van der Waals surface area contributed by atoms with Crippen molar-refractivity contribution in [2.24, 2.45) is 0 Å². The molecule has 1 aromatic heterocycles. The van der Waals surface area contributed by atoms with Gasteiger partial charge >= 0.3 is 0 Å². The monoisotopic (exact) mass is 339 g/mol. The molecule has 2 unspecified atom stereocenters. The Morgan fingerprint density at radius 1 is 1.28 bits per heavy atom. The lowest BCUT2D eigenvalue weighted by Gasteiger charge is -2.28. The highest BCUT2D eigenvalue weighted by Crippen LogP contribution is 2.23. The minimum absolute atomic E-state index is 0.116. The Morgan fingerprint density at radius 2 is 2.12 bits per heavy atom. The number of carbonyl (C=O) groups is 1. The van der Waals surface area contributed by atoms with E-state index in [-0.39, 0.29) is 11.9 Å². The molecule has 1 aromatic carbocycles. The predicted octanol–water partition coefficient (Wildman–Crippen LogP) is 2.00. The smallest absolute Gasteiger partial charge is 0.241 e. The number of aromatic nitrogens is 2. The molecule has 6 heteroatoms. The number of fused-ring (bicyclic) bond motifs is 1. The lowest BCUT2D eigenvalue weighted by Crippen LogP contribution is -2.47. The number of nitrogens with zero attached hydrogens (tertiary/aromatic N) is 2. The average Bonchev–Trinajstić information content (AvgIpc) is 3.28. The highest BCUT2D eigenvalue weighted by Gasteiger charge is 2.33. The maximum atomic E-state index is 12.8. The number of benzene rings is 1. The molecule has 2 aliphatic rings. The molecular weight excluding hydrogens is 314 g/mol. The molecule has 2 aromatic rings. The first-order valence-electron chi connectivity index (χ1n) is 9.17. The van der Waals surface area contributed by atoms with Crippen molar-refractivity contribution in [3.8, 4) is 11.4 Å². The van der Waals surface area contributed by atoms with E-state index in [0.717, 1.165) is 55.0 Å². The van der Waals surface area contributed by atoms with E-state index in [4.69, 9.17) is 4.98 Å². The van der Waals surface area contributed by atoms with Crippen molar-refractivity contribution >= 4 is 5.91 Å². The normalized spacial score (nSPS) is 22.8. The van der Waals surface area contributed by atoms with Crippen molar-refractivity contribution in [2.45, 2.75) is 51.2 Å². The van der Waals surface area contributed by atoms with E-state index in [1.165, 1.54) is 0 Å². The van der Waals surface area contributed by atoms with Crippen LogP contribution in [0, 0.1) is 0 Å². The number of hydrogen-bond donors (Lipinski definition) is 3. The van der Waals surface area contributed by atoms with Gasteiger partial charge in [-0.2, -0.15) is 0 Å². The molecule has 0 spiro atoms. The van der Waals surface area contributed by atoms with Crippen LogP contribution in [0.4, 0.5) is 0 Å². The predicted molar refractivity (Wildman–Crippen MR) is 96.5 cm³/mol. The van der Waals surface area contributed by atoms with E-state index in [1.54, 1.807) is 0 Å². The molecule has 1 saturated heterocycles. The Hall–Kier alpha value is -2.18. The van der Waals surface area contributed by atoms with Crippen LogP contribution in [0.3, 0.4) is 0 Å². The van der Waals surface area contributed by atoms with Crippen molar-refractivity contribution in [3.63, 3.8) is 0 Å². The molecule has 0 bridgehead atoms. The van der Waals surface area contributed by atoms with E-state index in [0.29, 0.717) is 12.6 Å². The fourth-order valence-corrected chi connectivity index (χ4v) is 3.76. The van der Waals surface area contributed by atoms with Crippen LogP contribution in [0.5, 0.6) is 0 Å². The zero-order valence-corrected chi connectivity index (χ0v) is 14.6. The molecule has 132 valence electrons. The van der Waals surface area contributed by atoms with Gasteiger partial charge in [0, 0.05) is 24.6 Å². The number of rotatable bonds is 4.